The van der Waals surface area contributed by atoms with Crippen LogP contribution in [0.3, 0.4) is 0 Å². The van der Waals surface area contributed by atoms with Crippen LogP contribution in [-0.2, 0) is 0 Å². The molecule has 7 heteroatoms. The quantitative estimate of drug-likeness (QED) is 0.296. The molecule has 6 nitrogen and oxygen atoms in total. The topological polar surface area (TPSA) is 100 Å². The Hall–Kier alpha value is -2.54. The highest BCUT2D eigenvalue weighted by molar-refractivity contribution is 7.99. The van der Waals surface area contributed by atoms with Gasteiger partial charge in [-0.05, 0) is 34.7 Å². The van der Waals surface area contributed by atoms with Crippen LogP contribution in [-0.4, -0.2) is 26.2 Å². The Balaban J connectivity index is 2.16. The lowest BCUT2D eigenvalue weighted by molar-refractivity contribution is 0.318. The number of aromatic nitrogens is 3. The van der Waals surface area contributed by atoms with Gasteiger partial charge in [0.05, 0.1) is 0 Å². The fraction of sp³-hybridized carbons (Fsp3) is 0. The van der Waals surface area contributed by atoms with Crippen molar-refractivity contribution in [2.24, 2.45) is 10.9 Å². The standard InChI is InChI=1S/C13H11N5OS/c14-12(18-19)10-5-6-11(20-13-15-7-16-17-13)9-4-2-1-3-8(9)10/h1-7,19H,(H2,14,18)(H,15,16,17). The van der Waals surface area contributed by atoms with E-state index in [1.165, 1.54) is 18.1 Å². The number of fused-ring (bicyclic) bond motifs is 1. The molecular formula is C13H11N5OS. The number of hydrogen-bond acceptors (Lipinski definition) is 5. The highest BCUT2D eigenvalue weighted by Gasteiger charge is 2.10. The molecule has 0 aliphatic carbocycles. The van der Waals surface area contributed by atoms with Gasteiger partial charge >= 0.3 is 0 Å². The van der Waals surface area contributed by atoms with Gasteiger partial charge in [0.15, 0.2) is 11.0 Å². The second kappa shape index (κ2) is 5.22. The summed E-state index contributed by atoms with van der Waals surface area (Å²) in [6.45, 7) is 0. The Morgan fingerprint density at radius 1 is 1.20 bits per heavy atom. The van der Waals surface area contributed by atoms with Crippen LogP contribution in [0.1, 0.15) is 5.56 Å². The second-order valence-electron chi connectivity index (χ2n) is 4.03. The molecule has 1 heterocycles. The molecule has 0 unspecified atom stereocenters. The minimum Gasteiger partial charge on any atom is -0.409 e. The van der Waals surface area contributed by atoms with Gasteiger partial charge in [-0.3, -0.25) is 5.10 Å². The van der Waals surface area contributed by atoms with Gasteiger partial charge in [0.25, 0.3) is 0 Å². The molecule has 0 saturated heterocycles. The van der Waals surface area contributed by atoms with Crippen molar-refractivity contribution in [2.45, 2.75) is 10.1 Å². The van der Waals surface area contributed by atoms with E-state index in [4.69, 9.17) is 10.9 Å². The summed E-state index contributed by atoms with van der Waals surface area (Å²) in [6.07, 6.45) is 1.47. The van der Waals surface area contributed by atoms with E-state index in [0.29, 0.717) is 10.7 Å². The number of nitrogens with two attached hydrogens (primary N) is 1. The zero-order valence-electron chi connectivity index (χ0n) is 10.3. The maximum absolute atomic E-state index is 8.86. The summed E-state index contributed by atoms with van der Waals surface area (Å²) in [4.78, 5) is 5.12. The minimum atomic E-state index is 0.0948. The highest BCUT2D eigenvalue weighted by Crippen LogP contribution is 2.33. The summed E-state index contributed by atoms with van der Waals surface area (Å²) in [5.74, 6) is 0.0948. The number of nitrogens with one attached hydrogen (secondary N) is 1. The molecule has 0 bridgehead atoms. The van der Waals surface area contributed by atoms with Crippen molar-refractivity contribution in [3.8, 4) is 0 Å². The van der Waals surface area contributed by atoms with E-state index < -0.39 is 0 Å². The smallest absolute Gasteiger partial charge is 0.188 e. The molecule has 20 heavy (non-hydrogen) atoms. The fourth-order valence-corrected chi connectivity index (χ4v) is 2.82. The maximum atomic E-state index is 8.86. The average molecular weight is 285 g/mol. The number of amidine groups is 1. The van der Waals surface area contributed by atoms with Crippen molar-refractivity contribution >= 4 is 28.4 Å². The molecule has 0 fully saturated rings. The third-order valence-corrected chi connectivity index (χ3v) is 3.83. The van der Waals surface area contributed by atoms with E-state index in [-0.39, 0.29) is 5.84 Å². The largest absolute Gasteiger partial charge is 0.409 e. The first-order chi connectivity index (χ1) is 9.79. The van der Waals surface area contributed by atoms with Crippen molar-refractivity contribution in [1.82, 2.24) is 15.2 Å². The molecule has 1 aromatic heterocycles. The van der Waals surface area contributed by atoms with Crippen molar-refractivity contribution in [2.75, 3.05) is 0 Å². The van der Waals surface area contributed by atoms with Crippen LogP contribution in [0.2, 0.25) is 0 Å². The van der Waals surface area contributed by atoms with Crippen LogP contribution >= 0.6 is 11.8 Å². The van der Waals surface area contributed by atoms with Crippen molar-refractivity contribution < 1.29 is 5.21 Å². The van der Waals surface area contributed by atoms with Gasteiger partial charge < -0.3 is 10.9 Å². The second-order valence-corrected chi connectivity index (χ2v) is 5.07. The molecule has 3 aromatic rings. The molecular weight excluding hydrogens is 274 g/mol. The van der Waals surface area contributed by atoms with Crippen molar-refractivity contribution in [3.05, 3.63) is 48.3 Å². The number of hydrogen-bond donors (Lipinski definition) is 3. The van der Waals surface area contributed by atoms with Gasteiger partial charge in [-0.2, -0.15) is 5.10 Å². The molecule has 0 aliphatic heterocycles. The van der Waals surface area contributed by atoms with Gasteiger partial charge in [-0.1, -0.05) is 29.4 Å². The lowest BCUT2D eigenvalue weighted by atomic mass is 10.0. The van der Waals surface area contributed by atoms with Crippen LogP contribution in [0.4, 0.5) is 0 Å². The molecule has 0 spiro atoms. The van der Waals surface area contributed by atoms with Crippen molar-refractivity contribution in [1.29, 1.82) is 0 Å². The van der Waals surface area contributed by atoms with Gasteiger partial charge in [0.2, 0.25) is 0 Å². The van der Waals surface area contributed by atoms with Crippen LogP contribution in [0, 0.1) is 0 Å². The minimum absolute atomic E-state index is 0.0948. The summed E-state index contributed by atoms with van der Waals surface area (Å²) in [6, 6.07) is 11.5. The normalized spacial score (nSPS) is 11.9. The molecule has 0 amide bonds. The van der Waals surface area contributed by atoms with E-state index in [9.17, 15) is 0 Å². The number of oxime groups is 1. The monoisotopic (exact) mass is 285 g/mol. The number of H-pyrrole nitrogens is 1. The first-order valence-electron chi connectivity index (χ1n) is 5.82. The summed E-state index contributed by atoms with van der Waals surface area (Å²) < 4.78 is 0. The Morgan fingerprint density at radius 3 is 2.70 bits per heavy atom. The third kappa shape index (κ3) is 2.19. The number of benzene rings is 2. The van der Waals surface area contributed by atoms with E-state index in [2.05, 4.69) is 20.3 Å². The van der Waals surface area contributed by atoms with Crippen LogP contribution in [0.5, 0.6) is 0 Å². The first kappa shape index (κ1) is 12.5. The van der Waals surface area contributed by atoms with E-state index in [1.54, 1.807) is 0 Å². The Labute approximate surface area is 118 Å². The highest BCUT2D eigenvalue weighted by atomic mass is 32.2. The Kier molecular flexibility index (Phi) is 3.26. The number of aromatic amines is 1. The summed E-state index contributed by atoms with van der Waals surface area (Å²) in [7, 11) is 0. The van der Waals surface area contributed by atoms with Crippen LogP contribution in [0.25, 0.3) is 10.8 Å². The third-order valence-electron chi connectivity index (χ3n) is 2.87. The van der Waals surface area contributed by atoms with Gasteiger partial charge in [-0.15, -0.1) is 0 Å². The summed E-state index contributed by atoms with van der Waals surface area (Å²) in [5, 5.41) is 21.2. The van der Waals surface area contributed by atoms with Gasteiger partial charge in [0, 0.05) is 10.5 Å². The van der Waals surface area contributed by atoms with Gasteiger partial charge in [0.1, 0.15) is 6.33 Å². The Bertz CT molecular complexity index is 770. The Morgan fingerprint density at radius 2 is 2.00 bits per heavy atom. The lowest BCUT2D eigenvalue weighted by Crippen LogP contribution is -2.13. The molecule has 4 N–H and O–H groups in total. The summed E-state index contributed by atoms with van der Waals surface area (Å²) >= 11 is 1.48. The molecule has 2 aromatic carbocycles. The predicted molar refractivity (Wildman–Crippen MR) is 77.0 cm³/mol. The number of nitrogens with zero attached hydrogens (tertiary/aromatic N) is 3. The SMILES string of the molecule is N/C(=N/O)c1ccc(Sc2ncn[nH]2)c2ccccc12. The zero-order chi connectivity index (χ0) is 13.9. The molecule has 0 aliphatic rings. The van der Waals surface area contributed by atoms with E-state index in [0.717, 1.165) is 15.7 Å². The fourth-order valence-electron chi connectivity index (χ4n) is 1.99. The molecule has 0 atom stereocenters. The molecule has 100 valence electrons. The molecule has 0 radical (unpaired) electrons. The van der Waals surface area contributed by atoms with E-state index >= 15 is 0 Å². The van der Waals surface area contributed by atoms with Crippen LogP contribution in [0.15, 0.2) is 57.9 Å². The van der Waals surface area contributed by atoms with E-state index in [1.807, 2.05) is 36.4 Å². The first-order valence-corrected chi connectivity index (χ1v) is 6.64. The number of rotatable bonds is 3. The van der Waals surface area contributed by atoms with Crippen LogP contribution < -0.4 is 5.73 Å². The molecule has 3 rings (SSSR count). The van der Waals surface area contributed by atoms with Crippen molar-refractivity contribution in [3.63, 3.8) is 0 Å². The molecule has 0 saturated carbocycles. The predicted octanol–water partition coefficient (Wildman–Crippen LogP) is 2.20. The average Bonchev–Trinajstić information content (AvgIpc) is 3.00. The summed E-state index contributed by atoms with van der Waals surface area (Å²) in [5.41, 5.74) is 6.41. The lowest BCUT2D eigenvalue weighted by Gasteiger charge is -2.09. The van der Waals surface area contributed by atoms with Gasteiger partial charge in [-0.25, -0.2) is 4.98 Å². The zero-order valence-corrected chi connectivity index (χ0v) is 11.1. The maximum Gasteiger partial charge on any atom is 0.188 e.